The number of oxazole rings is 1. The summed E-state index contributed by atoms with van der Waals surface area (Å²) in [5, 5.41) is 6.93. The third-order valence-corrected chi connectivity index (χ3v) is 6.04. The predicted molar refractivity (Wildman–Crippen MR) is 125 cm³/mol. The number of guanidine groups is 1. The Kier molecular flexibility index (Phi) is 8.35. The Bertz CT molecular complexity index is 849. The molecule has 1 aromatic carbocycles. The zero-order chi connectivity index (χ0) is 22.2. The van der Waals surface area contributed by atoms with E-state index in [0.29, 0.717) is 5.92 Å². The highest BCUT2D eigenvalue weighted by atomic mass is 16.5. The van der Waals surface area contributed by atoms with Crippen LogP contribution in [0.25, 0.3) is 0 Å². The van der Waals surface area contributed by atoms with Gasteiger partial charge in [0.2, 0.25) is 5.89 Å². The normalized spacial score (nSPS) is 15.8. The lowest BCUT2D eigenvalue weighted by Gasteiger charge is -2.31. The second-order valence-corrected chi connectivity index (χ2v) is 8.41. The van der Waals surface area contributed by atoms with Crippen molar-refractivity contribution < 1.29 is 9.15 Å². The molecule has 1 fully saturated rings. The van der Waals surface area contributed by atoms with E-state index in [1.807, 2.05) is 27.0 Å². The van der Waals surface area contributed by atoms with Crippen LogP contribution < -0.4 is 15.4 Å². The first kappa shape index (κ1) is 23.1. The second kappa shape index (κ2) is 11.2. The SMILES string of the molecule is CN=C(NCCc1cc(C)ccc1OC)NCC1CCN(Cc2nc(C)c(C)o2)CC1. The summed E-state index contributed by atoms with van der Waals surface area (Å²) in [7, 11) is 3.55. The van der Waals surface area contributed by atoms with E-state index in [9.17, 15) is 0 Å². The Morgan fingerprint density at radius 2 is 2.00 bits per heavy atom. The van der Waals surface area contributed by atoms with Crippen LogP contribution in [0.15, 0.2) is 27.6 Å². The molecule has 0 atom stereocenters. The predicted octanol–water partition coefficient (Wildman–Crippen LogP) is 3.23. The maximum Gasteiger partial charge on any atom is 0.208 e. The zero-order valence-corrected chi connectivity index (χ0v) is 19.6. The van der Waals surface area contributed by atoms with Gasteiger partial charge in [-0.05, 0) is 70.7 Å². The molecule has 1 saturated heterocycles. The lowest BCUT2D eigenvalue weighted by Crippen LogP contribution is -2.43. The van der Waals surface area contributed by atoms with Crippen LogP contribution in [0.4, 0.5) is 0 Å². The molecule has 1 aliphatic heterocycles. The largest absolute Gasteiger partial charge is 0.496 e. The third kappa shape index (κ3) is 6.72. The summed E-state index contributed by atoms with van der Waals surface area (Å²) in [6.45, 7) is 10.8. The molecule has 0 saturated carbocycles. The van der Waals surface area contributed by atoms with Crippen LogP contribution in [0.3, 0.4) is 0 Å². The maximum absolute atomic E-state index is 5.73. The van der Waals surface area contributed by atoms with E-state index in [1.165, 1.54) is 24.0 Å². The van der Waals surface area contributed by atoms with Crippen LogP contribution in [-0.2, 0) is 13.0 Å². The molecule has 0 amide bonds. The minimum Gasteiger partial charge on any atom is -0.496 e. The van der Waals surface area contributed by atoms with Crippen molar-refractivity contribution >= 4 is 5.96 Å². The lowest BCUT2D eigenvalue weighted by molar-refractivity contribution is 0.164. The smallest absolute Gasteiger partial charge is 0.208 e. The third-order valence-electron chi connectivity index (χ3n) is 6.04. The van der Waals surface area contributed by atoms with Gasteiger partial charge in [0.05, 0.1) is 19.3 Å². The molecular formula is C24H37N5O2. The van der Waals surface area contributed by atoms with Crippen molar-refractivity contribution in [3.8, 4) is 5.75 Å². The van der Waals surface area contributed by atoms with Gasteiger partial charge < -0.3 is 19.8 Å². The van der Waals surface area contributed by atoms with Gasteiger partial charge in [0, 0.05) is 20.1 Å². The number of hydrogen-bond acceptors (Lipinski definition) is 5. The average Bonchev–Trinajstić information content (AvgIpc) is 3.08. The van der Waals surface area contributed by atoms with Crippen molar-refractivity contribution in [3.05, 3.63) is 46.7 Å². The number of aliphatic imine (C=N–C) groups is 1. The van der Waals surface area contributed by atoms with Crippen molar-refractivity contribution in [1.82, 2.24) is 20.5 Å². The van der Waals surface area contributed by atoms with Crippen LogP contribution in [0.1, 0.15) is 41.3 Å². The molecule has 7 nitrogen and oxygen atoms in total. The number of nitrogens with one attached hydrogen (secondary N) is 2. The van der Waals surface area contributed by atoms with Gasteiger partial charge in [-0.25, -0.2) is 4.98 Å². The molecule has 3 rings (SSSR count). The highest BCUT2D eigenvalue weighted by Gasteiger charge is 2.21. The van der Waals surface area contributed by atoms with Gasteiger partial charge in [-0.3, -0.25) is 9.89 Å². The van der Waals surface area contributed by atoms with Crippen molar-refractivity contribution in [1.29, 1.82) is 0 Å². The zero-order valence-electron chi connectivity index (χ0n) is 19.6. The Morgan fingerprint density at radius 3 is 2.65 bits per heavy atom. The first-order valence-corrected chi connectivity index (χ1v) is 11.2. The summed E-state index contributed by atoms with van der Waals surface area (Å²) in [5.74, 6) is 4.21. The molecule has 1 aromatic heterocycles. The van der Waals surface area contributed by atoms with Gasteiger partial charge in [0.1, 0.15) is 11.5 Å². The van der Waals surface area contributed by atoms with Gasteiger partial charge in [-0.2, -0.15) is 0 Å². The molecule has 170 valence electrons. The molecule has 0 spiro atoms. The average molecular weight is 428 g/mol. The van der Waals surface area contributed by atoms with E-state index in [4.69, 9.17) is 9.15 Å². The minimum atomic E-state index is 0.652. The molecule has 0 radical (unpaired) electrons. The number of benzene rings is 1. The highest BCUT2D eigenvalue weighted by Crippen LogP contribution is 2.20. The van der Waals surface area contributed by atoms with Gasteiger partial charge in [0.25, 0.3) is 0 Å². The summed E-state index contributed by atoms with van der Waals surface area (Å²) in [6, 6.07) is 6.30. The molecule has 31 heavy (non-hydrogen) atoms. The number of piperidine rings is 1. The van der Waals surface area contributed by atoms with Crippen LogP contribution in [-0.4, -0.2) is 56.2 Å². The summed E-state index contributed by atoms with van der Waals surface area (Å²) < 4.78 is 11.2. The summed E-state index contributed by atoms with van der Waals surface area (Å²) >= 11 is 0. The van der Waals surface area contributed by atoms with E-state index < -0.39 is 0 Å². The molecule has 1 aliphatic rings. The van der Waals surface area contributed by atoms with E-state index in [2.05, 4.69) is 44.6 Å². The maximum atomic E-state index is 5.73. The molecule has 2 aromatic rings. The van der Waals surface area contributed by atoms with Crippen molar-refractivity contribution in [2.45, 2.75) is 46.6 Å². The fourth-order valence-electron chi connectivity index (χ4n) is 4.03. The Morgan fingerprint density at radius 1 is 1.23 bits per heavy atom. The standard InChI is InChI=1S/C24H37N5O2/c1-17-6-7-22(30-5)21(14-17)8-11-26-24(25-4)27-15-20-9-12-29(13-10-20)16-23-28-18(2)19(3)31-23/h6-7,14,20H,8-13,15-16H2,1-5H3,(H2,25,26,27). The molecule has 0 aliphatic carbocycles. The quantitative estimate of drug-likeness (QED) is 0.498. The topological polar surface area (TPSA) is 74.9 Å². The lowest BCUT2D eigenvalue weighted by atomic mass is 9.97. The Hall–Kier alpha value is -2.54. The van der Waals surface area contributed by atoms with Crippen LogP contribution >= 0.6 is 0 Å². The molecule has 0 unspecified atom stereocenters. The fraction of sp³-hybridized carbons (Fsp3) is 0.583. The number of ether oxygens (including phenoxy) is 1. The molecule has 2 N–H and O–H groups in total. The summed E-state index contributed by atoms with van der Waals surface area (Å²) in [4.78, 5) is 11.3. The van der Waals surface area contributed by atoms with Crippen LogP contribution in [0.5, 0.6) is 5.75 Å². The van der Waals surface area contributed by atoms with Gasteiger partial charge in [-0.1, -0.05) is 17.7 Å². The number of aryl methyl sites for hydroxylation is 3. The van der Waals surface area contributed by atoms with Crippen molar-refractivity contribution in [2.75, 3.05) is 40.3 Å². The van der Waals surface area contributed by atoms with E-state index in [-0.39, 0.29) is 0 Å². The first-order chi connectivity index (χ1) is 15.0. The van der Waals surface area contributed by atoms with E-state index in [1.54, 1.807) is 7.11 Å². The number of aromatic nitrogens is 1. The van der Waals surface area contributed by atoms with Crippen molar-refractivity contribution in [2.24, 2.45) is 10.9 Å². The second-order valence-electron chi connectivity index (χ2n) is 8.41. The highest BCUT2D eigenvalue weighted by molar-refractivity contribution is 5.79. The van der Waals surface area contributed by atoms with Crippen LogP contribution in [0.2, 0.25) is 0 Å². The number of rotatable bonds is 8. The summed E-state index contributed by atoms with van der Waals surface area (Å²) in [6.07, 6.45) is 3.23. The monoisotopic (exact) mass is 427 g/mol. The number of likely N-dealkylation sites (tertiary alicyclic amines) is 1. The first-order valence-electron chi connectivity index (χ1n) is 11.2. The molecular weight excluding hydrogens is 390 g/mol. The van der Waals surface area contributed by atoms with Crippen molar-refractivity contribution in [3.63, 3.8) is 0 Å². The van der Waals surface area contributed by atoms with Gasteiger partial charge in [-0.15, -0.1) is 0 Å². The molecule has 7 heteroatoms. The molecule has 0 bridgehead atoms. The Labute approximate surface area is 186 Å². The fourth-order valence-corrected chi connectivity index (χ4v) is 4.03. The number of nitrogens with zero attached hydrogens (tertiary/aromatic N) is 3. The van der Waals surface area contributed by atoms with E-state index in [0.717, 1.165) is 68.2 Å². The van der Waals surface area contributed by atoms with Gasteiger partial charge in [0.15, 0.2) is 5.96 Å². The van der Waals surface area contributed by atoms with E-state index >= 15 is 0 Å². The number of hydrogen-bond donors (Lipinski definition) is 2. The number of methoxy groups -OCH3 is 1. The molecule has 2 heterocycles. The summed E-state index contributed by atoms with van der Waals surface area (Å²) in [5.41, 5.74) is 3.46. The van der Waals surface area contributed by atoms with Gasteiger partial charge >= 0.3 is 0 Å². The Balaban J connectivity index is 1.37. The minimum absolute atomic E-state index is 0.652. The van der Waals surface area contributed by atoms with Crippen LogP contribution in [0, 0.1) is 26.7 Å².